The first-order valence-corrected chi connectivity index (χ1v) is 12.1. The maximum absolute atomic E-state index is 12.8. The van der Waals surface area contributed by atoms with Gasteiger partial charge in [0.2, 0.25) is 5.91 Å². The average molecular weight is 494 g/mol. The van der Waals surface area contributed by atoms with Gasteiger partial charge in [-0.25, -0.2) is 0 Å². The molecule has 3 aromatic rings. The average Bonchev–Trinajstić information content (AvgIpc) is 2.88. The molecule has 0 aromatic heterocycles. The van der Waals surface area contributed by atoms with Crippen molar-refractivity contribution in [2.75, 3.05) is 25.2 Å². The number of nitro groups is 1. The molecule has 0 radical (unpaired) electrons. The molecule has 0 aliphatic rings. The van der Waals surface area contributed by atoms with E-state index in [1.54, 1.807) is 36.2 Å². The van der Waals surface area contributed by atoms with Crippen molar-refractivity contribution in [2.45, 2.75) is 18.7 Å². The van der Waals surface area contributed by atoms with Gasteiger partial charge in [0.15, 0.2) is 5.75 Å². The minimum absolute atomic E-state index is 0.0655. The van der Waals surface area contributed by atoms with E-state index in [0.29, 0.717) is 17.0 Å². The SMILES string of the molecule is COc1ccc(CSCC(=O)N(C)C(C)c2cccc(NC(=O)c3ccccc3)c2)cc1[N+](=O)[O-]. The lowest BCUT2D eigenvalue weighted by atomic mass is 10.1. The molecule has 2 amide bonds. The minimum atomic E-state index is -0.482. The fourth-order valence-electron chi connectivity index (χ4n) is 3.43. The van der Waals surface area contributed by atoms with Gasteiger partial charge in [-0.3, -0.25) is 19.7 Å². The zero-order chi connectivity index (χ0) is 25.4. The van der Waals surface area contributed by atoms with Gasteiger partial charge in [0.05, 0.1) is 23.8 Å². The van der Waals surface area contributed by atoms with E-state index in [4.69, 9.17) is 4.74 Å². The fraction of sp³-hybridized carbons (Fsp3) is 0.231. The zero-order valence-electron chi connectivity index (χ0n) is 19.8. The number of methoxy groups -OCH3 is 1. The number of nitrogens with one attached hydrogen (secondary N) is 1. The molecular formula is C26H27N3O5S. The second-order valence-corrected chi connectivity index (χ2v) is 8.87. The van der Waals surface area contributed by atoms with Gasteiger partial charge >= 0.3 is 5.69 Å². The van der Waals surface area contributed by atoms with E-state index in [-0.39, 0.29) is 35.0 Å². The van der Waals surface area contributed by atoms with Crippen molar-refractivity contribution in [1.82, 2.24) is 4.90 Å². The number of thioether (sulfide) groups is 1. The summed E-state index contributed by atoms with van der Waals surface area (Å²) in [5.41, 5.74) is 2.76. The van der Waals surface area contributed by atoms with Gasteiger partial charge in [-0.05, 0) is 48.4 Å². The Bertz CT molecular complexity index is 1200. The molecule has 0 aliphatic heterocycles. The largest absolute Gasteiger partial charge is 0.490 e. The number of nitrogens with zero attached hydrogens (tertiary/aromatic N) is 2. The van der Waals surface area contributed by atoms with E-state index < -0.39 is 4.92 Å². The summed E-state index contributed by atoms with van der Waals surface area (Å²) in [7, 11) is 3.13. The highest BCUT2D eigenvalue weighted by atomic mass is 32.2. The van der Waals surface area contributed by atoms with Crippen LogP contribution >= 0.6 is 11.8 Å². The Hall–Kier alpha value is -3.85. The molecule has 35 heavy (non-hydrogen) atoms. The molecule has 9 heteroatoms. The first kappa shape index (κ1) is 25.8. The van der Waals surface area contributed by atoms with Gasteiger partial charge in [-0.2, -0.15) is 0 Å². The molecule has 0 aliphatic carbocycles. The summed E-state index contributed by atoms with van der Waals surface area (Å²) >= 11 is 1.39. The van der Waals surface area contributed by atoms with Crippen LogP contribution in [0.25, 0.3) is 0 Å². The molecule has 0 bridgehead atoms. The van der Waals surface area contributed by atoms with Crippen LogP contribution in [0.1, 0.15) is 34.5 Å². The summed E-state index contributed by atoms with van der Waals surface area (Å²) in [6, 6.07) is 21.0. The topological polar surface area (TPSA) is 102 Å². The predicted molar refractivity (Wildman–Crippen MR) is 138 cm³/mol. The van der Waals surface area contributed by atoms with E-state index in [1.165, 1.54) is 24.9 Å². The van der Waals surface area contributed by atoms with Crippen LogP contribution in [0, 0.1) is 10.1 Å². The van der Waals surface area contributed by atoms with Crippen molar-refractivity contribution < 1.29 is 19.2 Å². The van der Waals surface area contributed by atoms with Gasteiger partial charge in [0, 0.05) is 30.1 Å². The molecule has 1 N–H and O–H groups in total. The number of hydrogen-bond acceptors (Lipinski definition) is 6. The van der Waals surface area contributed by atoms with Crippen molar-refractivity contribution in [2.24, 2.45) is 0 Å². The highest BCUT2D eigenvalue weighted by Crippen LogP contribution is 2.29. The maximum atomic E-state index is 12.8. The number of carbonyl (C=O) groups excluding carboxylic acids is 2. The summed E-state index contributed by atoms with van der Waals surface area (Å²) in [5, 5.41) is 14.1. The second kappa shape index (κ2) is 12.0. The number of rotatable bonds is 10. The van der Waals surface area contributed by atoms with Crippen molar-refractivity contribution in [1.29, 1.82) is 0 Å². The number of carbonyl (C=O) groups is 2. The van der Waals surface area contributed by atoms with Crippen LogP contribution in [0.2, 0.25) is 0 Å². The van der Waals surface area contributed by atoms with Crippen molar-refractivity contribution >= 4 is 35.0 Å². The summed E-state index contributed by atoms with van der Waals surface area (Å²) in [5.74, 6) is 0.625. The first-order valence-electron chi connectivity index (χ1n) is 10.9. The number of hydrogen-bond donors (Lipinski definition) is 1. The summed E-state index contributed by atoms with van der Waals surface area (Å²) in [4.78, 5) is 37.6. The van der Waals surface area contributed by atoms with Crippen LogP contribution in [0.3, 0.4) is 0 Å². The van der Waals surface area contributed by atoms with Crippen LogP contribution in [0.15, 0.2) is 72.8 Å². The third-order valence-electron chi connectivity index (χ3n) is 5.57. The van der Waals surface area contributed by atoms with Gasteiger partial charge in [0.1, 0.15) is 0 Å². The molecule has 0 fully saturated rings. The Labute approximate surface area is 208 Å². The third-order valence-corrected chi connectivity index (χ3v) is 6.56. The van der Waals surface area contributed by atoms with Crippen molar-refractivity contribution in [3.8, 4) is 5.75 Å². The van der Waals surface area contributed by atoms with Crippen LogP contribution in [0.4, 0.5) is 11.4 Å². The van der Waals surface area contributed by atoms with Crippen LogP contribution in [-0.4, -0.2) is 41.5 Å². The molecule has 3 aromatic carbocycles. The number of nitro benzene ring substituents is 1. The van der Waals surface area contributed by atoms with E-state index in [1.807, 2.05) is 49.4 Å². The van der Waals surface area contributed by atoms with Gasteiger partial charge in [-0.15, -0.1) is 11.8 Å². The van der Waals surface area contributed by atoms with Crippen molar-refractivity contribution in [3.05, 3.63) is 99.6 Å². The van der Waals surface area contributed by atoms with Crippen LogP contribution in [0.5, 0.6) is 5.75 Å². The molecule has 3 rings (SSSR count). The monoisotopic (exact) mass is 493 g/mol. The number of amides is 2. The number of ether oxygens (including phenoxy) is 1. The molecule has 8 nitrogen and oxygen atoms in total. The Balaban J connectivity index is 1.57. The zero-order valence-corrected chi connectivity index (χ0v) is 20.6. The molecule has 0 spiro atoms. The van der Waals surface area contributed by atoms with E-state index in [9.17, 15) is 19.7 Å². The summed E-state index contributed by atoms with van der Waals surface area (Å²) in [6.45, 7) is 1.92. The Kier molecular flexibility index (Phi) is 8.86. The molecule has 1 atom stereocenters. The van der Waals surface area contributed by atoms with Gasteiger partial charge < -0.3 is 15.0 Å². The Morgan fingerprint density at radius 2 is 1.83 bits per heavy atom. The highest BCUT2D eigenvalue weighted by molar-refractivity contribution is 7.99. The van der Waals surface area contributed by atoms with E-state index in [2.05, 4.69) is 5.32 Å². The predicted octanol–water partition coefficient (Wildman–Crippen LogP) is 5.31. The van der Waals surface area contributed by atoms with Crippen molar-refractivity contribution in [3.63, 3.8) is 0 Å². The molecule has 0 saturated carbocycles. The smallest absolute Gasteiger partial charge is 0.311 e. The standard InChI is InChI=1S/C26H27N3O5S/c1-18(21-10-7-11-22(15-21)27-26(31)20-8-5-4-6-9-20)28(2)25(30)17-35-16-19-12-13-24(34-3)23(14-19)29(32)33/h4-15,18H,16-17H2,1-3H3,(H,27,31). The maximum Gasteiger partial charge on any atom is 0.311 e. The first-order chi connectivity index (χ1) is 16.8. The lowest BCUT2D eigenvalue weighted by Gasteiger charge is -2.25. The Morgan fingerprint density at radius 1 is 1.09 bits per heavy atom. The molecule has 182 valence electrons. The highest BCUT2D eigenvalue weighted by Gasteiger charge is 2.19. The van der Waals surface area contributed by atoms with Gasteiger partial charge in [-0.1, -0.05) is 36.4 Å². The molecule has 1 unspecified atom stereocenters. The molecular weight excluding hydrogens is 466 g/mol. The minimum Gasteiger partial charge on any atom is -0.490 e. The summed E-state index contributed by atoms with van der Waals surface area (Å²) < 4.78 is 5.02. The number of anilines is 1. The normalized spacial score (nSPS) is 11.4. The Morgan fingerprint density at radius 3 is 2.51 bits per heavy atom. The fourth-order valence-corrected chi connectivity index (χ4v) is 4.33. The van der Waals surface area contributed by atoms with E-state index in [0.717, 1.165) is 11.1 Å². The molecule has 0 heterocycles. The third kappa shape index (κ3) is 6.83. The molecule has 0 saturated heterocycles. The summed E-state index contributed by atoms with van der Waals surface area (Å²) in [6.07, 6.45) is 0. The quantitative estimate of drug-likeness (QED) is 0.303. The number of benzene rings is 3. The lowest BCUT2D eigenvalue weighted by Crippen LogP contribution is -2.31. The second-order valence-electron chi connectivity index (χ2n) is 7.88. The van der Waals surface area contributed by atoms with Crippen LogP contribution < -0.4 is 10.1 Å². The van der Waals surface area contributed by atoms with E-state index >= 15 is 0 Å². The van der Waals surface area contributed by atoms with Gasteiger partial charge in [0.25, 0.3) is 5.91 Å². The lowest BCUT2D eigenvalue weighted by molar-refractivity contribution is -0.385. The van der Waals surface area contributed by atoms with Crippen LogP contribution in [-0.2, 0) is 10.5 Å².